The highest BCUT2D eigenvalue weighted by molar-refractivity contribution is 7.13. The number of aromatic nitrogens is 1. The Balaban J connectivity index is 2.55. The third-order valence-electron chi connectivity index (χ3n) is 2.60. The first-order chi connectivity index (χ1) is 7.24. The average molecular weight is 221 g/mol. The van der Waals surface area contributed by atoms with Crippen molar-refractivity contribution in [1.82, 2.24) is 3.96 Å². The van der Waals surface area contributed by atoms with Crippen molar-refractivity contribution in [1.29, 1.82) is 0 Å². The number of unbranched alkanes of at least 4 members (excludes halogenated alkanes) is 1. The van der Waals surface area contributed by atoms with Crippen LogP contribution >= 0.6 is 11.5 Å². The van der Waals surface area contributed by atoms with Gasteiger partial charge in [0.25, 0.3) is 5.56 Å². The van der Waals surface area contributed by atoms with Crippen molar-refractivity contribution in [3.8, 4) is 0 Å². The highest BCUT2D eigenvalue weighted by Gasteiger charge is 2.08. The lowest BCUT2D eigenvalue weighted by molar-refractivity contribution is 0.660. The van der Waals surface area contributed by atoms with E-state index < -0.39 is 0 Å². The normalized spacial score (nSPS) is 11.1. The van der Waals surface area contributed by atoms with Crippen molar-refractivity contribution in [3.05, 3.63) is 34.1 Å². The van der Waals surface area contributed by atoms with Crippen LogP contribution in [0.15, 0.2) is 23.0 Å². The molecule has 0 aliphatic heterocycles. The molecule has 0 aliphatic carbocycles. The maximum absolute atomic E-state index is 12.0. The maximum Gasteiger partial charge on any atom is 0.268 e. The van der Waals surface area contributed by atoms with Crippen LogP contribution in [0.1, 0.15) is 25.3 Å². The summed E-state index contributed by atoms with van der Waals surface area (Å²) in [6, 6.07) is 6.04. The molecule has 0 amide bonds. The molecule has 0 bridgehead atoms. The lowest BCUT2D eigenvalue weighted by Crippen LogP contribution is -2.13. The van der Waals surface area contributed by atoms with Crippen LogP contribution in [-0.2, 0) is 6.54 Å². The average Bonchev–Trinajstić information content (AvgIpc) is 2.54. The van der Waals surface area contributed by atoms with Gasteiger partial charge in [-0.15, -0.1) is 0 Å². The summed E-state index contributed by atoms with van der Waals surface area (Å²) in [5.74, 6) is 0. The van der Waals surface area contributed by atoms with Crippen LogP contribution < -0.4 is 5.56 Å². The fourth-order valence-corrected chi connectivity index (χ4v) is 2.84. The van der Waals surface area contributed by atoms with Crippen molar-refractivity contribution >= 4 is 21.6 Å². The summed E-state index contributed by atoms with van der Waals surface area (Å²) < 4.78 is 2.98. The Morgan fingerprint density at radius 1 is 1.40 bits per heavy atom. The van der Waals surface area contributed by atoms with E-state index in [4.69, 9.17) is 0 Å². The highest BCUT2D eigenvalue weighted by Crippen LogP contribution is 2.19. The van der Waals surface area contributed by atoms with E-state index in [-0.39, 0.29) is 5.56 Å². The zero-order chi connectivity index (χ0) is 10.8. The molecule has 0 saturated heterocycles. The van der Waals surface area contributed by atoms with Crippen molar-refractivity contribution < 1.29 is 0 Å². The first kappa shape index (κ1) is 10.4. The molecule has 1 aromatic heterocycles. The Morgan fingerprint density at radius 3 is 2.87 bits per heavy atom. The van der Waals surface area contributed by atoms with Gasteiger partial charge < -0.3 is 0 Å². The fourth-order valence-electron chi connectivity index (χ4n) is 1.72. The first-order valence-electron chi connectivity index (χ1n) is 5.33. The van der Waals surface area contributed by atoms with Gasteiger partial charge in [-0.1, -0.05) is 37.0 Å². The SMILES string of the molecule is CCCCn1sc2cccc(C)c2c1=O. The highest BCUT2D eigenvalue weighted by atomic mass is 32.1. The zero-order valence-corrected chi connectivity index (χ0v) is 9.93. The van der Waals surface area contributed by atoms with Crippen LogP contribution in [0.4, 0.5) is 0 Å². The van der Waals surface area contributed by atoms with Gasteiger partial charge in [-0.05, 0) is 25.0 Å². The number of rotatable bonds is 3. The van der Waals surface area contributed by atoms with E-state index in [1.807, 2.05) is 29.1 Å². The zero-order valence-electron chi connectivity index (χ0n) is 9.12. The minimum absolute atomic E-state index is 0.182. The number of nitrogens with zero attached hydrogens (tertiary/aromatic N) is 1. The summed E-state index contributed by atoms with van der Waals surface area (Å²) in [5, 5.41) is 0.901. The number of hydrogen-bond acceptors (Lipinski definition) is 2. The predicted molar refractivity (Wildman–Crippen MR) is 65.7 cm³/mol. The summed E-state index contributed by atoms with van der Waals surface area (Å²) in [5.41, 5.74) is 1.27. The van der Waals surface area contributed by atoms with Crippen molar-refractivity contribution in [2.75, 3.05) is 0 Å². The van der Waals surface area contributed by atoms with Crippen molar-refractivity contribution in [3.63, 3.8) is 0 Å². The molecule has 0 unspecified atom stereocenters. The molecule has 0 fully saturated rings. The van der Waals surface area contributed by atoms with Gasteiger partial charge in [0, 0.05) is 6.54 Å². The Bertz CT molecular complexity index is 524. The standard InChI is InChI=1S/C12H15NOS/c1-3-4-8-13-12(14)11-9(2)6-5-7-10(11)15-13/h5-7H,3-4,8H2,1-2H3. The van der Waals surface area contributed by atoms with Crippen LogP contribution in [0, 0.1) is 6.92 Å². The molecule has 3 heteroatoms. The molecular weight excluding hydrogens is 206 g/mol. The number of hydrogen-bond donors (Lipinski definition) is 0. The summed E-state index contributed by atoms with van der Waals surface area (Å²) in [4.78, 5) is 12.0. The fraction of sp³-hybridized carbons (Fsp3) is 0.417. The second-order valence-electron chi connectivity index (χ2n) is 3.80. The van der Waals surface area contributed by atoms with Gasteiger partial charge in [0.1, 0.15) is 0 Å². The second-order valence-corrected chi connectivity index (χ2v) is 4.86. The lowest BCUT2D eigenvalue weighted by Gasteiger charge is -1.95. The summed E-state index contributed by atoms with van der Waals surface area (Å²) in [6.45, 7) is 5.00. The molecule has 2 rings (SSSR count). The topological polar surface area (TPSA) is 22.0 Å². The van der Waals surface area contributed by atoms with E-state index in [1.54, 1.807) is 11.5 Å². The smallest absolute Gasteiger partial charge is 0.268 e. The van der Waals surface area contributed by atoms with E-state index in [0.717, 1.165) is 35.0 Å². The van der Waals surface area contributed by atoms with Crippen molar-refractivity contribution in [2.45, 2.75) is 33.2 Å². The molecule has 15 heavy (non-hydrogen) atoms. The number of fused-ring (bicyclic) bond motifs is 1. The van der Waals surface area contributed by atoms with Crippen LogP contribution in [-0.4, -0.2) is 3.96 Å². The third kappa shape index (κ3) is 1.84. The van der Waals surface area contributed by atoms with E-state index >= 15 is 0 Å². The largest absolute Gasteiger partial charge is 0.268 e. The van der Waals surface area contributed by atoms with E-state index in [9.17, 15) is 4.79 Å². The Kier molecular flexibility index (Phi) is 2.91. The van der Waals surface area contributed by atoms with Gasteiger partial charge in [0.05, 0.1) is 10.1 Å². The molecule has 0 saturated carbocycles. The molecule has 0 atom stereocenters. The molecule has 0 N–H and O–H groups in total. The van der Waals surface area contributed by atoms with Crippen LogP contribution in [0.5, 0.6) is 0 Å². The van der Waals surface area contributed by atoms with Crippen LogP contribution in [0.2, 0.25) is 0 Å². The summed E-state index contributed by atoms with van der Waals surface area (Å²) in [6.07, 6.45) is 2.20. The monoisotopic (exact) mass is 221 g/mol. The van der Waals surface area contributed by atoms with Gasteiger partial charge in [0.15, 0.2) is 0 Å². The predicted octanol–water partition coefficient (Wildman–Crippen LogP) is 3.17. The molecule has 0 aliphatic rings. The van der Waals surface area contributed by atoms with Crippen molar-refractivity contribution in [2.24, 2.45) is 0 Å². The molecule has 2 aromatic rings. The lowest BCUT2D eigenvalue weighted by atomic mass is 10.2. The van der Waals surface area contributed by atoms with Gasteiger partial charge in [-0.3, -0.25) is 8.75 Å². The quantitative estimate of drug-likeness (QED) is 0.780. The van der Waals surface area contributed by atoms with E-state index in [1.165, 1.54) is 0 Å². The molecule has 0 radical (unpaired) electrons. The van der Waals surface area contributed by atoms with Crippen LogP contribution in [0.25, 0.3) is 10.1 Å². The minimum Gasteiger partial charge on any atom is -0.268 e. The summed E-state index contributed by atoms with van der Waals surface area (Å²) in [7, 11) is 0. The third-order valence-corrected chi connectivity index (χ3v) is 3.70. The Hall–Kier alpha value is -1.09. The summed E-state index contributed by atoms with van der Waals surface area (Å²) >= 11 is 1.58. The number of aryl methyl sites for hydroxylation is 2. The Labute approximate surface area is 93.3 Å². The first-order valence-corrected chi connectivity index (χ1v) is 6.11. The second kappa shape index (κ2) is 4.19. The minimum atomic E-state index is 0.182. The van der Waals surface area contributed by atoms with Crippen LogP contribution in [0.3, 0.4) is 0 Å². The number of benzene rings is 1. The van der Waals surface area contributed by atoms with Gasteiger partial charge in [-0.2, -0.15) is 0 Å². The molecule has 1 aromatic carbocycles. The molecule has 0 spiro atoms. The molecule has 1 heterocycles. The van der Waals surface area contributed by atoms with Gasteiger partial charge >= 0.3 is 0 Å². The molecular formula is C12H15NOS. The maximum atomic E-state index is 12.0. The van der Waals surface area contributed by atoms with E-state index in [2.05, 4.69) is 6.92 Å². The van der Waals surface area contributed by atoms with Gasteiger partial charge in [-0.25, -0.2) is 0 Å². The molecule has 80 valence electrons. The molecule has 2 nitrogen and oxygen atoms in total. The Morgan fingerprint density at radius 2 is 2.20 bits per heavy atom. The van der Waals surface area contributed by atoms with Gasteiger partial charge in [0.2, 0.25) is 0 Å². The van der Waals surface area contributed by atoms with E-state index in [0.29, 0.717) is 0 Å².